The lowest BCUT2D eigenvalue weighted by atomic mass is 10.1. The molecule has 0 radical (unpaired) electrons. The van der Waals surface area contributed by atoms with Crippen LogP contribution in [0.15, 0.2) is 12.1 Å². The van der Waals surface area contributed by atoms with Crippen molar-refractivity contribution >= 4 is 17.8 Å². The lowest BCUT2D eigenvalue weighted by Gasteiger charge is -2.14. The molecule has 1 aliphatic rings. The topological polar surface area (TPSA) is 75.4 Å². The Morgan fingerprint density at radius 3 is 2.66 bits per heavy atom. The second-order valence-electron chi connectivity index (χ2n) is 7.60. The van der Waals surface area contributed by atoms with Crippen molar-refractivity contribution in [3.05, 3.63) is 46.0 Å². The van der Waals surface area contributed by atoms with E-state index in [0.717, 1.165) is 54.3 Å². The summed E-state index contributed by atoms with van der Waals surface area (Å²) < 4.78 is 14.7. The van der Waals surface area contributed by atoms with Gasteiger partial charge in [-0.25, -0.2) is 4.79 Å². The van der Waals surface area contributed by atoms with Crippen LogP contribution in [-0.2, 0) is 27.9 Å². The highest BCUT2D eigenvalue weighted by Gasteiger charge is 2.21. The fraction of sp³-hybridized carbons (Fsp3) is 0.500. The number of aryl methyl sites for hydroxylation is 3. The summed E-state index contributed by atoms with van der Waals surface area (Å²) in [6, 6.07) is 1.86. The molecule has 29 heavy (non-hydrogen) atoms. The van der Waals surface area contributed by atoms with Crippen LogP contribution in [0.3, 0.4) is 0 Å². The Morgan fingerprint density at radius 1 is 1.28 bits per heavy atom. The summed E-state index contributed by atoms with van der Waals surface area (Å²) in [5.41, 5.74) is 5.17. The quantitative estimate of drug-likeness (QED) is 0.406. The van der Waals surface area contributed by atoms with Crippen molar-refractivity contribution in [2.45, 2.75) is 53.2 Å². The van der Waals surface area contributed by atoms with Gasteiger partial charge in [-0.3, -0.25) is 9.48 Å². The van der Waals surface area contributed by atoms with E-state index in [1.807, 2.05) is 40.8 Å². The van der Waals surface area contributed by atoms with Gasteiger partial charge in [-0.05, 0) is 52.7 Å². The molecule has 7 nitrogen and oxygen atoms in total. The van der Waals surface area contributed by atoms with Gasteiger partial charge in [-0.1, -0.05) is 0 Å². The predicted molar refractivity (Wildman–Crippen MR) is 110 cm³/mol. The zero-order valence-electron chi connectivity index (χ0n) is 17.8. The zero-order valence-corrected chi connectivity index (χ0v) is 17.8. The van der Waals surface area contributed by atoms with Crippen molar-refractivity contribution < 1.29 is 19.1 Å². The summed E-state index contributed by atoms with van der Waals surface area (Å²) in [6.07, 6.45) is 5.34. The molecule has 0 aromatic carbocycles. The molecule has 156 valence electrons. The van der Waals surface area contributed by atoms with Gasteiger partial charge in [0.05, 0.1) is 11.8 Å². The minimum absolute atomic E-state index is 0.199. The number of carbonyl (C=O) groups is 2. The van der Waals surface area contributed by atoms with E-state index in [4.69, 9.17) is 9.47 Å². The summed E-state index contributed by atoms with van der Waals surface area (Å²) in [5, 5.41) is 4.31. The Morgan fingerprint density at radius 2 is 2.03 bits per heavy atom. The minimum atomic E-state index is -0.547. The van der Waals surface area contributed by atoms with Crippen molar-refractivity contribution in [2.24, 2.45) is 7.05 Å². The van der Waals surface area contributed by atoms with Crippen LogP contribution in [0.2, 0.25) is 0 Å². The first-order valence-corrected chi connectivity index (χ1v) is 9.94. The number of ether oxygens (including phenoxy) is 2. The van der Waals surface area contributed by atoms with Crippen LogP contribution in [-0.4, -0.2) is 45.4 Å². The van der Waals surface area contributed by atoms with Gasteiger partial charge in [-0.15, -0.1) is 0 Å². The second kappa shape index (κ2) is 8.78. The van der Waals surface area contributed by atoms with Crippen molar-refractivity contribution in [3.8, 4) is 0 Å². The number of hydrogen-bond acceptors (Lipinski definition) is 5. The number of hydrogen-bond donors (Lipinski definition) is 0. The number of Topliss-reactive ketones (excluding diaryl/α,β-unsaturated/α-hetero) is 1. The van der Waals surface area contributed by atoms with E-state index in [9.17, 15) is 9.59 Å². The van der Waals surface area contributed by atoms with Crippen LogP contribution in [0.25, 0.3) is 6.08 Å². The molecule has 1 fully saturated rings. The number of ketones is 1. The maximum absolute atomic E-state index is 12.6. The molecular formula is C22H29N3O4. The lowest BCUT2D eigenvalue weighted by Crippen LogP contribution is -2.18. The number of esters is 1. The summed E-state index contributed by atoms with van der Waals surface area (Å²) >= 11 is 0. The summed E-state index contributed by atoms with van der Waals surface area (Å²) in [4.78, 5) is 24.7. The predicted octanol–water partition coefficient (Wildman–Crippen LogP) is 3.07. The van der Waals surface area contributed by atoms with E-state index in [0.29, 0.717) is 5.56 Å². The van der Waals surface area contributed by atoms with E-state index in [2.05, 4.69) is 9.67 Å². The van der Waals surface area contributed by atoms with Gasteiger partial charge in [0.1, 0.15) is 0 Å². The van der Waals surface area contributed by atoms with Gasteiger partial charge in [-0.2, -0.15) is 5.10 Å². The fourth-order valence-electron chi connectivity index (χ4n) is 3.80. The Hall–Kier alpha value is -2.67. The van der Waals surface area contributed by atoms with Gasteiger partial charge in [0.2, 0.25) is 5.78 Å². The lowest BCUT2D eigenvalue weighted by molar-refractivity contribution is -0.136. The van der Waals surface area contributed by atoms with Gasteiger partial charge in [0, 0.05) is 54.5 Å². The molecule has 1 atom stereocenters. The smallest absolute Gasteiger partial charge is 0.331 e. The highest BCUT2D eigenvalue weighted by Crippen LogP contribution is 2.21. The van der Waals surface area contributed by atoms with Crippen molar-refractivity contribution in [3.63, 3.8) is 0 Å². The van der Waals surface area contributed by atoms with E-state index >= 15 is 0 Å². The number of nitrogens with zero attached hydrogens (tertiary/aromatic N) is 3. The maximum atomic E-state index is 12.6. The van der Waals surface area contributed by atoms with Gasteiger partial charge in [0.25, 0.3) is 0 Å². The molecule has 7 heteroatoms. The molecule has 1 aliphatic heterocycles. The SMILES string of the molecule is Cc1nn(C)c(C)c1/C=C/C(=O)OCC(=O)c1cc(C)n(C[C@@H]2CCCO2)c1C. The molecule has 2 aromatic rings. The molecule has 0 saturated carbocycles. The Labute approximate surface area is 171 Å². The fourth-order valence-corrected chi connectivity index (χ4v) is 3.80. The highest BCUT2D eigenvalue weighted by molar-refractivity contribution is 6.00. The van der Waals surface area contributed by atoms with Crippen LogP contribution in [0.5, 0.6) is 0 Å². The van der Waals surface area contributed by atoms with E-state index < -0.39 is 5.97 Å². The highest BCUT2D eigenvalue weighted by atomic mass is 16.5. The molecule has 0 bridgehead atoms. The van der Waals surface area contributed by atoms with Crippen LogP contribution in [0, 0.1) is 27.7 Å². The number of rotatable bonds is 7. The molecule has 0 spiro atoms. The van der Waals surface area contributed by atoms with Crippen molar-refractivity contribution in [1.82, 2.24) is 14.3 Å². The number of carbonyl (C=O) groups excluding carboxylic acids is 2. The summed E-state index contributed by atoms with van der Waals surface area (Å²) in [5.74, 6) is -0.749. The third kappa shape index (κ3) is 4.67. The molecule has 2 aromatic heterocycles. The Kier molecular flexibility index (Phi) is 6.37. The third-order valence-corrected chi connectivity index (χ3v) is 5.58. The molecule has 1 saturated heterocycles. The van der Waals surface area contributed by atoms with E-state index in [1.165, 1.54) is 6.08 Å². The maximum Gasteiger partial charge on any atom is 0.331 e. The van der Waals surface area contributed by atoms with Gasteiger partial charge >= 0.3 is 5.97 Å². The second-order valence-corrected chi connectivity index (χ2v) is 7.60. The minimum Gasteiger partial charge on any atom is -0.454 e. The normalized spacial score (nSPS) is 16.7. The zero-order chi connectivity index (χ0) is 21.1. The Balaban J connectivity index is 1.60. The molecule has 3 rings (SSSR count). The van der Waals surface area contributed by atoms with Crippen molar-refractivity contribution in [2.75, 3.05) is 13.2 Å². The third-order valence-electron chi connectivity index (χ3n) is 5.58. The molecule has 0 amide bonds. The molecule has 3 heterocycles. The molecular weight excluding hydrogens is 370 g/mol. The monoisotopic (exact) mass is 399 g/mol. The van der Waals surface area contributed by atoms with Crippen LogP contribution >= 0.6 is 0 Å². The van der Waals surface area contributed by atoms with Gasteiger partial charge in [0.15, 0.2) is 6.61 Å². The molecule has 0 aliphatic carbocycles. The molecule has 0 N–H and O–H groups in total. The van der Waals surface area contributed by atoms with Crippen molar-refractivity contribution in [1.29, 1.82) is 0 Å². The molecule has 0 unspecified atom stereocenters. The first-order valence-electron chi connectivity index (χ1n) is 9.94. The summed E-state index contributed by atoms with van der Waals surface area (Å²) in [7, 11) is 1.85. The standard InChI is InChI=1S/C22H29N3O4/c1-14-11-20(17(4)25(14)12-18-7-6-10-28-18)21(26)13-29-22(27)9-8-19-15(2)23-24(5)16(19)3/h8-9,11,18H,6-7,10,12-13H2,1-5H3/b9-8+/t18-/m0/s1. The van der Waals surface area contributed by atoms with Gasteiger partial charge < -0.3 is 14.0 Å². The van der Waals surface area contributed by atoms with Crippen LogP contribution < -0.4 is 0 Å². The summed E-state index contributed by atoms with van der Waals surface area (Å²) in [6.45, 7) is 8.98. The van der Waals surface area contributed by atoms with E-state index in [-0.39, 0.29) is 18.5 Å². The average Bonchev–Trinajstić information content (AvgIpc) is 3.35. The average molecular weight is 399 g/mol. The first kappa shape index (κ1) is 21.0. The number of aromatic nitrogens is 3. The van der Waals surface area contributed by atoms with E-state index in [1.54, 1.807) is 10.8 Å². The van der Waals surface area contributed by atoms with Crippen LogP contribution in [0.1, 0.15) is 51.5 Å². The Bertz CT molecular complexity index is 946. The largest absolute Gasteiger partial charge is 0.454 e. The van der Waals surface area contributed by atoms with Crippen LogP contribution in [0.4, 0.5) is 0 Å². The first-order chi connectivity index (χ1) is 13.8.